The van der Waals surface area contributed by atoms with Crippen LogP contribution in [0.25, 0.3) is 10.2 Å². The molecule has 0 aliphatic carbocycles. The molecule has 1 aliphatic rings. The molecule has 0 amide bonds. The van der Waals surface area contributed by atoms with Crippen molar-refractivity contribution >= 4 is 34.0 Å². The van der Waals surface area contributed by atoms with E-state index in [1.165, 1.54) is 11.3 Å². The van der Waals surface area contributed by atoms with E-state index in [0.717, 1.165) is 30.9 Å². The number of nitrogens with zero attached hydrogens (tertiary/aromatic N) is 2. The quantitative estimate of drug-likeness (QED) is 0.902. The third kappa shape index (κ3) is 2.88. The minimum Gasteiger partial charge on any atom is -0.330 e. The first kappa shape index (κ1) is 15.4. The molecule has 1 aliphatic heterocycles. The van der Waals surface area contributed by atoms with Crippen molar-refractivity contribution in [3.8, 4) is 0 Å². The maximum absolute atomic E-state index is 11.9. The van der Waals surface area contributed by atoms with Gasteiger partial charge in [0.05, 0.1) is 12.1 Å². The second-order valence-corrected chi connectivity index (χ2v) is 6.18. The molecular formula is C13H19ClN4OS. The molecule has 5 nitrogen and oxygen atoms in total. The molecule has 3 N–H and O–H groups in total. The van der Waals surface area contributed by atoms with Crippen molar-refractivity contribution in [3.05, 3.63) is 27.6 Å². The Morgan fingerprint density at radius 2 is 2.40 bits per heavy atom. The number of hydrogen-bond acceptors (Lipinski definition) is 5. The highest BCUT2D eigenvalue weighted by Crippen LogP contribution is 2.23. The molecule has 0 spiro atoms. The van der Waals surface area contributed by atoms with E-state index in [2.05, 4.69) is 21.8 Å². The minimum absolute atomic E-state index is 0. The average molecular weight is 315 g/mol. The predicted molar refractivity (Wildman–Crippen MR) is 84.5 cm³/mol. The molecule has 20 heavy (non-hydrogen) atoms. The topological polar surface area (TPSA) is 75.0 Å². The summed E-state index contributed by atoms with van der Waals surface area (Å²) in [6, 6.07) is 2.39. The number of halogens is 1. The number of aromatic nitrogens is 2. The summed E-state index contributed by atoms with van der Waals surface area (Å²) >= 11 is 1.43. The number of nitrogens with one attached hydrogen (secondary N) is 1. The van der Waals surface area contributed by atoms with Gasteiger partial charge in [0.2, 0.25) is 0 Å². The van der Waals surface area contributed by atoms with Crippen LogP contribution in [0.2, 0.25) is 0 Å². The summed E-state index contributed by atoms with van der Waals surface area (Å²) in [6.07, 6.45) is 1.13. The van der Waals surface area contributed by atoms with Crippen molar-refractivity contribution in [1.29, 1.82) is 0 Å². The van der Waals surface area contributed by atoms with Crippen LogP contribution in [-0.2, 0) is 6.54 Å². The standard InChI is InChI=1S/C13H18N4OS.ClH/c1-8-4-9(5-14)6-17(8)7-11-15-10-2-3-19-12(10)13(18)16-11;/h2-3,8-9H,4-7,14H2,1H3,(H,15,16,18);1H. The molecule has 2 unspecified atom stereocenters. The Morgan fingerprint density at radius 1 is 1.60 bits per heavy atom. The highest BCUT2D eigenvalue weighted by atomic mass is 35.5. The van der Waals surface area contributed by atoms with Crippen LogP contribution in [0.15, 0.2) is 16.2 Å². The normalized spacial score (nSPS) is 23.1. The molecule has 3 heterocycles. The van der Waals surface area contributed by atoms with Crippen molar-refractivity contribution in [3.63, 3.8) is 0 Å². The fourth-order valence-electron chi connectivity index (χ4n) is 2.80. The van der Waals surface area contributed by atoms with Crippen LogP contribution in [-0.4, -0.2) is 34.0 Å². The van der Waals surface area contributed by atoms with Gasteiger partial charge in [-0.15, -0.1) is 23.7 Å². The van der Waals surface area contributed by atoms with Crippen molar-refractivity contribution in [2.24, 2.45) is 11.7 Å². The van der Waals surface area contributed by atoms with E-state index in [-0.39, 0.29) is 18.0 Å². The average Bonchev–Trinajstić information content (AvgIpc) is 2.97. The molecule has 2 aromatic heterocycles. The van der Waals surface area contributed by atoms with Crippen molar-refractivity contribution in [1.82, 2.24) is 14.9 Å². The lowest BCUT2D eigenvalue weighted by atomic mass is 10.1. The zero-order chi connectivity index (χ0) is 13.4. The molecule has 0 saturated carbocycles. The van der Waals surface area contributed by atoms with Crippen LogP contribution in [0, 0.1) is 5.92 Å². The lowest BCUT2D eigenvalue weighted by Crippen LogP contribution is -2.29. The number of fused-ring (bicyclic) bond motifs is 1. The largest absolute Gasteiger partial charge is 0.330 e. The molecule has 1 fully saturated rings. The van der Waals surface area contributed by atoms with Gasteiger partial charge in [0, 0.05) is 12.6 Å². The van der Waals surface area contributed by atoms with E-state index in [1.54, 1.807) is 0 Å². The highest BCUT2D eigenvalue weighted by Gasteiger charge is 2.28. The molecular weight excluding hydrogens is 296 g/mol. The number of rotatable bonds is 3. The van der Waals surface area contributed by atoms with Gasteiger partial charge in [0.15, 0.2) is 0 Å². The fourth-order valence-corrected chi connectivity index (χ4v) is 3.52. The van der Waals surface area contributed by atoms with Gasteiger partial charge in [-0.2, -0.15) is 0 Å². The summed E-state index contributed by atoms with van der Waals surface area (Å²) < 4.78 is 0.707. The molecule has 2 atom stereocenters. The number of likely N-dealkylation sites (tertiary alicyclic amines) is 1. The van der Waals surface area contributed by atoms with Crippen LogP contribution in [0.4, 0.5) is 0 Å². The summed E-state index contributed by atoms with van der Waals surface area (Å²) in [4.78, 5) is 21.7. The lowest BCUT2D eigenvalue weighted by molar-refractivity contribution is 0.249. The van der Waals surface area contributed by atoms with Gasteiger partial charge in [-0.05, 0) is 37.3 Å². The summed E-state index contributed by atoms with van der Waals surface area (Å²) in [5.41, 5.74) is 6.50. The van der Waals surface area contributed by atoms with Gasteiger partial charge < -0.3 is 10.7 Å². The fraction of sp³-hybridized carbons (Fsp3) is 0.538. The maximum atomic E-state index is 11.9. The van der Waals surface area contributed by atoms with Crippen LogP contribution in [0.1, 0.15) is 19.2 Å². The van der Waals surface area contributed by atoms with Crippen LogP contribution in [0.3, 0.4) is 0 Å². The molecule has 0 aromatic carbocycles. The van der Waals surface area contributed by atoms with Gasteiger partial charge in [0.25, 0.3) is 5.56 Å². The Morgan fingerprint density at radius 3 is 3.10 bits per heavy atom. The number of H-pyrrole nitrogens is 1. The van der Waals surface area contributed by atoms with Gasteiger partial charge in [-0.3, -0.25) is 9.69 Å². The van der Waals surface area contributed by atoms with Gasteiger partial charge >= 0.3 is 0 Å². The van der Waals surface area contributed by atoms with E-state index in [0.29, 0.717) is 23.2 Å². The van der Waals surface area contributed by atoms with Crippen molar-refractivity contribution in [2.75, 3.05) is 13.1 Å². The highest BCUT2D eigenvalue weighted by molar-refractivity contribution is 7.17. The summed E-state index contributed by atoms with van der Waals surface area (Å²) in [5, 5.41) is 1.90. The van der Waals surface area contributed by atoms with E-state index in [1.807, 2.05) is 11.4 Å². The SMILES string of the molecule is CC1CC(CN)CN1Cc1nc2ccsc2c(=O)[nH]1.Cl. The summed E-state index contributed by atoms with van der Waals surface area (Å²) in [6.45, 7) is 4.62. The smallest absolute Gasteiger partial charge is 0.268 e. The maximum Gasteiger partial charge on any atom is 0.268 e. The molecule has 110 valence electrons. The van der Waals surface area contributed by atoms with Gasteiger partial charge in [-0.25, -0.2) is 4.98 Å². The Kier molecular flexibility index (Phi) is 4.80. The first-order chi connectivity index (χ1) is 9.17. The predicted octanol–water partition coefficient (Wildman–Crippen LogP) is 1.58. The third-order valence-electron chi connectivity index (χ3n) is 3.84. The number of hydrogen-bond donors (Lipinski definition) is 2. The molecule has 2 aromatic rings. The molecule has 3 rings (SSSR count). The lowest BCUT2D eigenvalue weighted by Gasteiger charge is -2.20. The summed E-state index contributed by atoms with van der Waals surface area (Å²) in [5.74, 6) is 1.31. The Labute approximate surface area is 127 Å². The molecule has 7 heteroatoms. The third-order valence-corrected chi connectivity index (χ3v) is 4.74. The second kappa shape index (κ2) is 6.22. The number of thiophene rings is 1. The Bertz CT molecular complexity index is 641. The first-order valence-electron chi connectivity index (χ1n) is 6.58. The van der Waals surface area contributed by atoms with E-state index < -0.39 is 0 Å². The van der Waals surface area contributed by atoms with E-state index in [9.17, 15) is 4.79 Å². The minimum atomic E-state index is -0.0303. The first-order valence-corrected chi connectivity index (χ1v) is 7.46. The Hall–Kier alpha value is -0.950. The molecule has 0 bridgehead atoms. The number of aromatic amines is 1. The molecule has 1 saturated heterocycles. The van der Waals surface area contributed by atoms with Gasteiger partial charge in [0.1, 0.15) is 10.5 Å². The summed E-state index contributed by atoms with van der Waals surface area (Å²) in [7, 11) is 0. The van der Waals surface area contributed by atoms with E-state index >= 15 is 0 Å². The van der Waals surface area contributed by atoms with Crippen LogP contribution >= 0.6 is 23.7 Å². The molecule has 0 radical (unpaired) electrons. The zero-order valence-electron chi connectivity index (χ0n) is 11.3. The van der Waals surface area contributed by atoms with Crippen LogP contribution < -0.4 is 11.3 Å². The second-order valence-electron chi connectivity index (χ2n) is 5.26. The van der Waals surface area contributed by atoms with Gasteiger partial charge in [-0.1, -0.05) is 0 Å². The van der Waals surface area contributed by atoms with Crippen LogP contribution in [0.5, 0.6) is 0 Å². The number of nitrogens with two attached hydrogens (primary N) is 1. The van der Waals surface area contributed by atoms with E-state index in [4.69, 9.17) is 5.73 Å². The zero-order valence-corrected chi connectivity index (χ0v) is 13.0. The monoisotopic (exact) mass is 314 g/mol. The van der Waals surface area contributed by atoms with Crippen molar-refractivity contribution in [2.45, 2.75) is 25.9 Å². The Balaban J connectivity index is 0.00000147. The van der Waals surface area contributed by atoms with Crippen molar-refractivity contribution < 1.29 is 0 Å².